The van der Waals surface area contributed by atoms with E-state index in [1.54, 1.807) is 11.3 Å². The summed E-state index contributed by atoms with van der Waals surface area (Å²) >= 11 is 1.71. The van der Waals surface area contributed by atoms with E-state index < -0.39 is 14.3 Å². The largest absolute Gasteiger partial charge is 0.309 e. The monoisotopic (exact) mass is 716 g/mol. The average molecular weight is 717 g/mol. The van der Waals surface area contributed by atoms with Gasteiger partial charge in [0.2, 0.25) is 0 Å². The fourth-order valence-corrected chi connectivity index (χ4v) is 13.4. The summed E-state index contributed by atoms with van der Waals surface area (Å²) in [6.07, 6.45) is 0. The number of hydrogen-bond acceptors (Lipinski definition) is 3. The molecule has 0 aliphatic heterocycles. The lowest BCUT2D eigenvalue weighted by atomic mass is 9.87. The van der Waals surface area contributed by atoms with Crippen LogP contribution in [0.4, 0.5) is 0 Å². The van der Waals surface area contributed by atoms with Gasteiger partial charge in [-0.1, -0.05) is 154 Å². The Morgan fingerprint density at radius 2 is 0.784 bits per heavy atom. The quantitative estimate of drug-likeness (QED) is 0.154. The minimum absolute atomic E-state index is 0.0104. The van der Waals surface area contributed by atoms with E-state index in [4.69, 9.17) is 0 Å². The van der Waals surface area contributed by atoms with Gasteiger partial charge in [0.05, 0.1) is 0 Å². The van der Waals surface area contributed by atoms with Crippen LogP contribution in [0.25, 0.3) is 31.3 Å². The molecule has 0 N–H and O–H groups in total. The molecule has 7 aromatic carbocycles. The van der Waals surface area contributed by atoms with E-state index in [2.05, 4.69) is 81.4 Å². The van der Waals surface area contributed by atoms with E-state index in [9.17, 15) is 0 Å². The zero-order valence-corrected chi connectivity index (χ0v) is 31.5. The molecule has 0 radical (unpaired) electrons. The van der Waals surface area contributed by atoms with Gasteiger partial charge < -0.3 is 9.13 Å². The van der Waals surface area contributed by atoms with Crippen molar-refractivity contribution in [1.29, 1.82) is 0 Å². The number of rotatable bonds is 7. The number of hydrogen-bond donors (Lipinski definition) is 0. The Kier molecular flexibility index (Phi) is 8.56. The van der Waals surface area contributed by atoms with E-state index in [0.717, 1.165) is 63.1 Å². The molecule has 250 valence electrons. The summed E-state index contributed by atoms with van der Waals surface area (Å²) in [4.78, 5) is 0. The predicted octanol–water partition coefficient (Wildman–Crippen LogP) is 10.3. The number of thiophene rings is 1. The van der Waals surface area contributed by atoms with Gasteiger partial charge in [-0.05, 0) is 64.6 Å². The second-order valence-corrected chi connectivity index (χ2v) is 20.7. The maximum atomic E-state index is 15.8. The van der Waals surface area contributed by atoms with E-state index in [-0.39, 0.29) is 5.41 Å². The van der Waals surface area contributed by atoms with Crippen molar-refractivity contribution in [1.82, 2.24) is 0 Å². The molecule has 2 atom stereocenters. The van der Waals surface area contributed by atoms with Gasteiger partial charge in [0.25, 0.3) is 0 Å². The highest BCUT2D eigenvalue weighted by Gasteiger charge is 2.33. The topological polar surface area (TPSA) is 34.1 Å². The summed E-state index contributed by atoms with van der Waals surface area (Å²) < 4.78 is 33.6. The first-order valence-corrected chi connectivity index (χ1v) is 21.4. The molecule has 1 aromatic heterocycles. The highest BCUT2D eigenvalue weighted by atomic mass is 32.1. The molecule has 0 spiro atoms. The maximum Gasteiger partial charge on any atom is 0.171 e. The second-order valence-electron chi connectivity index (χ2n) is 14.1. The zero-order chi connectivity index (χ0) is 35.2. The van der Waals surface area contributed by atoms with Crippen LogP contribution in [0.3, 0.4) is 0 Å². The summed E-state index contributed by atoms with van der Waals surface area (Å²) in [7, 11) is -6.52. The van der Waals surface area contributed by atoms with Crippen molar-refractivity contribution in [3.63, 3.8) is 0 Å². The maximum absolute atomic E-state index is 15.8. The molecule has 51 heavy (non-hydrogen) atoms. The fourth-order valence-electron chi connectivity index (χ4n) is 7.00. The van der Waals surface area contributed by atoms with Crippen molar-refractivity contribution in [3.8, 4) is 11.1 Å². The van der Waals surface area contributed by atoms with Crippen LogP contribution in [0.15, 0.2) is 176 Å². The molecule has 0 saturated heterocycles. The first-order chi connectivity index (χ1) is 24.7. The Labute approximate surface area is 304 Å². The van der Waals surface area contributed by atoms with Gasteiger partial charge in [0.15, 0.2) is 14.3 Å². The lowest BCUT2D eigenvalue weighted by Crippen LogP contribution is -2.25. The van der Waals surface area contributed by atoms with Crippen molar-refractivity contribution in [2.45, 2.75) is 26.2 Å². The summed E-state index contributed by atoms with van der Waals surface area (Å²) in [6, 6.07) is 58.9. The van der Waals surface area contributed by atoms with Gasteiger partial charge in [-0.2, -0.15) is 0 Å². The molecular formula is C46H38O2P2S. The van der Waals surface area contributed by atoms with E-state index in [0.29, 0.717) is 0 Å². The summed E-state index contributed by atoms with van der Waals surface area (Å²) in [5.74, 6) is 0. The van der Waals surface area contributed by atoms with Crippen molar-refractivity contribution >= 4 is 77.6 Å². The van der Waals surface area contributed by atoms with Crippen LogP contribution >= 0.6 is 25.6 Å². The highest BCUT2D eigenvalue weighted by molar-refractivity contribution is 7.85. The fraction of sp³-hybridized carbons (Fsp3) is 0.0870. The third-order valence-electron chi connectivity index (χ3n) is 9.82. The second kappa shape index (κ2) is 13.1. The molecule has 0 amide bonds. The molecule has 2 nitrogen and oxygen atoms in total. The van der Waals surface area contributed by atoms with E-state index in [1.807, 2.05) is 115 Å². The molecular weight excluding hydrogens is 679 g/mol. The van der Waals surface area contributed by atoms with Crippen LogP contribution in [0, 0.1) is 0 Å². The molecule has 8 rings (SSSR count). The average Bonchev–Trinajstić information content (AvgIpc) is 3.55. The first kappa shape index (κ1) is 33.4. The van der Waals surface area contributed by atoms with Crippen LogP contribution in [0.5, 0.6) is 0 Å². The van der Waals surface area contributed by atoms with Crippen LogP contribution in [-0.2, 0) is 14.5 Å². The van der Waals surface area contributed by atoms with Crippen molar-refractivity contribution in [2.24, 2.45) is 0 Å². The summed E-state index contributed by atoms with van der Waals surface area (Å²) in [6.45, 7) is 6.58. The minimum Gasteiger partial charge on any atom is -0.309 e. The third-order valence-corrected chi connectivity index (χ3v) is 17.1. The highest BCUT2D eigenvalue weighted by Crippen LogP contribution is 2.47. The Hall–Kier alpha value is -4.78. The van der Waals surface area contributed by atoms with Crippen LogP contribution in [0.1, 0.15) is 26.3 Å². The molecule has 0 bridgehead atoms. The van der Waals surface area contributed by atoms with E-state index in [1.165, 1.54) is 5.56 Å². The Bertz CT molecular complexity index is 2600. The Balaban J connectivity index is 1.32. The van der Waals surface area contributed by atoms with E-state index >= 15 is 9.13 Å². The van der Waals surface area contributed by atoms with Crippen molar-refractivity contribution in [2.75, 3.05) is 0 Å². The van der Waals surface area contributed by atoms with Crippen LogP contribution < -0.4 is 31.8 Å². The summed E-state index contributed by atoms with van der Waals surface area (Å²) in [5, 5.41) is 6.82. The predicted molar refractivity (Wildman–Crippen MR) is 222 cm³/mol. The third kappa shape index (κ3) is 5.94. The van der Waals surface area contributed by atoms with Gasteiger partial charge in [-0.3, -0.25) is 0 Å². The van der Waals surface area contributed by atoms with Gasteiger partial charge in [-0.15, -0.1) is 11.3 Å². The van der Waals surface area contributed by atoms with Gasteiger partial charge in [-0.25, -0.2) is 0 Å². The normalized spacial score (nSPS) is 14.3. The van der Waals surface area contributed by atoms with Gasteiger partial charge in [0.1, 0.15) is 0 Å². The van der Waals surface area contributed by atoms with Crippen LogP contribution in [-0.4, -0.2) is 0 Å². The molecule has 0 aliphatic rings. The standard InChI is InChI=1S/C46H38O2P2S/c1-46(2,3)35-22-24-38(25-23-35)49(47,36-17-9-5-10-18-36)40-26-28-44-42(31-40)43-32-41(27-29-45(43)51-44)50(48,37-19-11-6-12-20-37)39-21-13-16-34(30-39)33-14-7-4-8-15-33/h4-32H,1-3H3. The molecule has 8 aromatic rings. The Morgan fingerprint density at radius 1 is 0.392 bits per heavy atom. The number of benzene rings is 7. The van der Waals surface area contributed by atoms with Crippen LogP contribution in [0.2, 0.25) is 0 Å². The van der Waals surface area contributed by atoms with Gasteiger partial charge >= 0.3 is 0 Å². The molecule has 5 heteroatoms. The zero-order valence-electron chi connectivity index (χ0n) is 28.9. The molecule has 1 heterocycles. The smallest absolute Gasteiger partial charge is 0.171 e. The minimum atomic E-state index is -3.29. The SMILES string of the molecule is CC(C)(C)c1ccc(P(=O)(c2ccccc2)c2ccc3sc4ccc(P(=O)(c5ccccc5)c5cccc(-c6ccccc6)c5)cc4c3c2)cc1. The first-order valence-electron chi connectivity index (χ1n) is 17.2. The van der Waals surface area contributed by atoms with Crippen molar-refractivity contribution < 1.29 is 9.13 Å². The Morgan fingerprint density at radius 3 is 1.29 bits per heavy atom. The van der Waals surface area contributed by atoms with Crippen molar-refractivity contribution in [3.05, 3.63) is 181 Å². The molecule has 0 saturated carbocycles. The molecule has 2 unspecified atom stereocenters. The molecule has 0 aliphatic carbocycles. The number of fused-ring (bicyclic) bond motifs is 3. The lowest BCUT2D eigenvalue weighted by Gasteiger charge is -2.23. The lowest BCUT2D eigenvalue weighted by molar-refractivity contribution is 0.589. The van der Waals surface area contributed by atoms with Gasteiger partial charge in [0, 0.05) is 52.0 Å². The summed E-state index contributed by atoms with van der Waals surface area (Å²) in [5.41, 5.74) is 3.31. The molecule has 0 fully saturated rings.